The van der Waals surface area contributed by atoms with E-state index in [4.69, 9.17) is 0 Å². The number of hydrogen-bond acceptors (Lipinski definition) is 3. The maximum Gasteiger partial charge on any atom is 0.234 e. The summed E-state index contributed by atoms with van der Waals surface area (Å²) in [5.74, 6) is 1.63. The Balaban J connectivity index is 2.03. The lowest BCUT2D eigenvalue weighted by atomic mass is 9.65. The molecule has 2 fully saturated rings. The molecule has 20 heavy (non-hydrogen) atoms. The van der Waals surface area contributed by atoms with Crippen molar-refractivity contribution in [2.75, 3.05) is 11.5 Å². The summed E-state index contributed by atoms with van der Waals surface area (Å²) >= 11 is 1.87. The van der Waals surface area contributed by atoms with Crippen LogP contribution in [-0.4, -0.2) is 23.3 Å². The van der Waals surface area contributed by atoms with Crippen molar-refractivity contribution in [1.29, 1.82) is 0 Å². The van der Waals surface area contributed by atoms with Crippen molar-refractivity contribution in [1.82, 2.24) is 5.32 Å². The molecule has 2 aliphatic rings. The monoisotopic (exact) mass is 289 g/mol. The van der Waals surface area contributed by atoms with Crippen LogP contribution in [0.15, 0.2) is 24.3 Å². The molecule has 0 bridgehead atoms. The molecule has 2 atom stereocenters. The number of piperidine rings is 1. The minimum Gasteiger partial charge on any atom is -0.296 e. The van der Waals surface area contributed by atoms with E-state index in [0.717, 1.165) is 35.5 Å². The third-order valence-corrected chi connectivity index (χ3v) is 5.73. The van der Waals surface area contributed by atoms with Crippen LogP contribution >= 0.6 is 11.8 Å². The van der Waals surface area contributed by atoms with Gasteiger partial charge in [-0.2, -0.15) is 11.8 Å². The molecule has 106 valence electrons. The third kappa shape index (κ3) is 2.37. The van der Waals surface area contributed by atoms with Gasteiger partial charge in [-0.05, 0) is 31.1 Å². The Labute approximate surface area is 123 Å². The summed E-state index contributed by atoms with van der Waals surface area (Å²) in [6.45, 7) is 2.04. The number of rotatable bonds is 1. The first-order valence-electron chi connectivity index (χ1n) is 7.09. The van der Waals surface area contributed by atoms with Gasteiger partial charge in [0.25, 0.3) is 0 Å². The van der Waals surface area contributed by atoms with Crippen LogP contribution in [0.25, 0.3) is 0 Å². The van der Waals surface area contributed by atoms with E-state index >= 15 is 0 Å². The highest BCUT2D eigenvalue weighted by Crippen LogP contribution is 2.50. The first kappa shape index (κ1) is 13.7. The molecule has 3 rings (SSSR count). The van der Waals surface area contributed by atoms with Gasteiger partial charge in [-0.25, -0.2) is 0 Å². The van der Waals surface area contributed by atoms with E-state index in [1.165, 1.54) is 0 Å². The molecule has 1 aromatic carbocycles. The lowest BCUT2D eigenvalue weighted by Crippen LogP contribution is -2.52. The number of benzene rings is 1. The molecule has 2 heterocycles. The number of amides is 2. The zero-order chi connectivity index (χ0) is 14.2. The minimum absolute atomic E-state index is 0.110. The normalized spacial score (nSPS) is 30.4. The summed E-state index contributed by atoms with van der Waals surface area (Å²) in [5, 5.41) is 2.53. The van der Waals surface area contributed by atoms with Crippen LogP contribution in [0.3, 0.4) is 0 Å². The smallest absolute Gasteiger partial charge is 0.234 e. The lowest BCUT2D eigenvalue weighted by Gasteiger charge is -2.45. The summed E-state index contributed by atoms with van der Waals surface area (Å²) in [5.41, 5.74) is 2.03. The molecule has 2 amide bonds. The lowest BCUT2D eigenvalue weighted by molar-refractivity contribution is -0.139. The Morgan fingerprint density at radius 3 is 2.90 bits per heavy atom. The van der Waals surface area contributed by atoms with Gasteiger partial charge >= 0.3 is 0 Å². The zero-order valence-corrected chi connectivity index (χ0v) is 12.5. The predicted octanol–water partition coefficient (Wildman–Crippen LogP) is 2.64. The number of carbonyl (C=O) groups is 2. The first-order valence-corrected chi connectivity index (χ1v) is 8.24. The average molecular weight is 289 g/mol. The maximum absolute atomic E-state index is 12.4. The Morgan fingerprint density at radius 1 is 1.35 bits per heavy atom. The molecule has 2 aliphatic heterocycles. The van der Waals surface area contributed by atoms with Gasteiger partial charge in [0.05, 0.1) is 5.92 Å². The Bertz CT molecular complexity index is 549. The number of hydrogen-bond donors (Lipinski definition) is 1. The molecule has 1 aromatic rings. The SMILES string of the molecule is Cc1cccc(C2C(=O)NC(=O)CC23CCCSC3)c1. The highest BCUT2D eigenvalue weighted by atomic mass is 32.2. The van der Waals surface area contributed by atoms with Crippen molar-refractivity contribution in [3.05, 3.63) is 35.4 Å². The van der Waals surface area contributed by atoms with Crippen molar-refractivity contribution in [2.45, 2.75) is 32.1 Å². The maximum atomic E-state index is 12.4. The van der Waals surface area contributed by atoms with E-state index < -0.39 is 0 Å². The van der Waals surface area contributed by atoms with Crippen LogP contribution in [-0.2, 0) is 9.59 Å². The molecule has 2 unspecified atom stereocenters. The molecule has 2 saturated heterocycles. The highest BCUT2D eigenvalue weighted by Gasteiger charge is 2.49. The van der Waals surface area contributed by atoms with Gasteiger partial charge < -0.3 is 0 Å². The fraction of sp³-hybridized carbons (Fsp3) is 0.500. The van der Waals surface area contributed by atoms with E-state index in [0.29, 0.717) is 6.42 Å². The summed E-state index contributed by atoms with van der Waals surface area (Å²) in [4.78, 5) is 24.3. The Kier molecular flexibility index (Phi) is 3.59. The van der Waals surface area contributed by atoms with Crippen LogP contribution in [0.5, 0.6) is 0 Å². The number of nitrogens with one attached hydrogen (secondary N) is 1. The van der Waals surface area contributed by atoms with E-state index in [1.54, 1.807) is 0 Å². The molecule has 0 radical (unpaired) electrons. The Morgan fingerprint density at radius 2 is 2.20 bits per heavy atom. The summed E-state index contributed by atoms with van der Waals surface area (Å²) in [7, 11) is 0. The van der Waals surface area contributed by atoms with Crippen molar-refractivity contribution in [3.8, 4) is 0 Å². The second-order valence-corrected chi connectivity index (χ2v) is 7.06. The van der Waals surface area contributed by atoms with E-state index in [2.05, 4.69) is 11.4 Å². The fourth-order valence-electron chi connectivity index (χ4n) is 3.55. The van der Waals surface area contributed by atoms with Crippen LogP contribution < -0.4 is 5.32 Å². The third-order valence-electron chi connectivity index (χ3n) is 4.38. The van der Waals surface area contributed by atoms with Crippen molar-refractivity contribution >= 4 is 23.6 Å². The number of imide groups is 1. The highest BCUT2D eigenvalue weighted by molar-refractivity contribution is 7.99. The molecule has 0 aliphatic carbocycles. The molecule has 3 nitrogen and oxygen atoms in total. The van der Waals surface area contributed by atoms with E-state index in [1.807, 2.05) is 36.9 Å². The van der Waals surface area contributed by atoms with Gasteiger partial charge in [0.15, 0.2) is 0 Å². The van der Waals surface area contributed by atoms with Crippen molar-refractivity contribution < 1.29 is 9.59 Å². The van der Waals surface area contributed by atoms with Crippen LogP contribution in [0, 0.1) is 12.3 Å². The largest absolute Gasteiger partial charge is 0.296 e. The first-order chi connectivity index (χ1) is 9.61. The molecular weight excluding hydrogens is 270 g/mol. The number of aryl methyl sites for hydroxylation is 1. The van der Waals surface area contributed by atoms with Gasteiger partial charge in [-0.15, -0.1) is 0 Å². The van der Waals surface area contributed by atoms with E-state index in [9.17, 15) is 9.59 Å². The second kappa shape index (κ2) is 5.24. The van der Waals surface area contributed by atoms with E-state index in [-0.39, 0.29) is 23.1 Å². The topological polar surface area (TPSA) is 46.2 Å². The van der Waals surface area contributed by atoms with Crippen molar-refractivity contribution in [3.63, 3.8) is 0 Å². The molecule has 0 aromatic heterocycles. The van der Waals surface area contributed by atoms with Crippen LogP contribution in [0.2, 0.25) is 0 Å². The quantitative estimate of drug-likeness (QED) is 0.808. The Hall–Kier alpha value is -1.29. The second-order valence-electron chi connectivity index (χ2n) is 5.95. The fourth-order valence-corrected chi connectivity index (χ4v) is 4.86. The summed E-state index contributed by atoms with van der Waals surface area (Å²) < 4.78 is 0. The predicted molar refractivity (Wildman–Crippen MR) is 80.7 cm³/mol. The molecule has 0 saturated carbocycles. The molecule has 1 spiro atoms. The molecule has 4 heteroatoms. The standard InChI is InChI=1S/C16H19NO2S/c1-11-4-2-5-12(8-11)14-15(19)17-13(18)9-16(14)6-3-7-20-10-16/h2,4-5,8,14H,3,6-7,9-10H2,1H3,(H,17,18,19). The number of carbonyl (C=O) groups excluding carboxylic acids is 2. The van der Waals surface area contributed by atoms with Crippen molar-refractivity contribution in [2.24, 2.45) is 5.41 Å². The van der Waals surface area contributed by atoms with Crippen LogP contribution in [0.1, 0.15) is 36.3 Å². The van der Waals surface area contributed by atoms with Gasteiger partial charge in [0.2, 0.25) is 11.8 Å². The average Bonchev–Trinajstić information content (AvgIpc) is 2.38. The zero-order valence-electron chi connectivity index (χ0n) is 11.6. The van der Waals surface area contributed by atoms with Gasteiger partial charge in [-0.1, -0.05) is 29.8 Å². The number of thioether (sulfide) groups is 1. The molecular formula is C16H19NO2S. The summed E-state index contributed by atoms with van der Waals surface area (Å²) in [6, 6.07) is 8.14. The molecule has 1 N–H and O–H groups in total. The van der Waals surface area contributed by atoms with Gasteiger partial charge in [0, 0.05) is 17.6 Å². The minimum atomic E-state index is -0.187. The summed E-state index contributed by atoms with van der Waals surface area (Å²) in [6.07, 6.45) is 2.54. The van der Waals surface area contributed by atoms with Gasteiger partial charge in [-0.3, -0.25) is 14.9 Å². The van der Waals surface area contributed by atoms with Crippen LogP contribution in [0.4, 0.5) is 0 Å². The van der Waals surface area contributed by atoms with Gasteiger partial charge in [0.1, 0.15) is 0 Å².